The van der Waals surface area contributed by atoms with Gasteiger partial charge in [-0.25, -0.2) is 9.97 Å². The van der Waals surface area contributed by atoms with Crippen molar-refractivity contribution in [1.29, 1.82) is 0 Å². The fourth-order valence-corrected chi connectivity index (χ4v) is 4.54. The first-order chi connectivity index (χ1) is 10.7. The van der Waals surface area contributed by atoms with E-state index in [0.29, 0.717) is 11.1 Å². The van der Waals surface area contributed by atoms with Crippen LogP contribution in [0.5, 0.6) is 0 Å². The molecule has 3 aromatic rings. The van der Waals surface area contributed by atoms with Crippen molar-refractivity contribution in [2.24, 2.45) is 0 Å². The molecule has 0 spiro atoms. The zero-order chi connectivity index (χ0) is 15.1. The van der Waals surface area contributed by atoms with Gasteiger partial charge in [0.2, 0.25) is 5.95 Å². The van der Waals surface area contributed by atoms with Gasteiger partial charge >= 0.3 is 0 Å². The highest BCUT2D eigenvalue weighted by atomic mass is 35.5. The second-order valence-corrected chi connectivity index (χ2v) is 7.16. The van der Waals surface area contributed by atoms with Crippen molar-refractivity contribution >= 4 is 44.8 Å². The van der Waals surface area contributed by atoms with E-state index < -0.39 is 0 Å². The number of hydrogen-bond donors (Lipinski definition) is 1. The molecule has 3 nitrogen and oxygen atoms in total. The maximum Gasteiger partial charge on any atom is 0.230 e. The average Bonchev–Trinajstić information content (AvgIpc) is 2.88. The van der Waals surface area contributed by atoms with E-state index in [1.54, 1.807) is 11.3 Å². The lowest BCUT2D eigenvalue weighted by atomic mass is 9.97. The Morgan fingerprint density at radius 3 is 2.68 bits per heavy atom. The molecular formula is C17H16ClN3S. The van der Waals surface area contributed by atoms with Gasteiger partial charge < -0.3 is 5.32 Å². The van der Waals surface area contributed by atoms with E-state index in [1.807, 2.05) is 12.1 Å². The molecule has 0 bridgehead atoms. The number of aromatic nitrogens is 2. The molecule has 4 rings (SSSR count). The summed E-state index contributed by atoms with van der Waals surface area (Å²) in [7, 11) is 0. The fraction of sp³-hybridized carbons (Fsp3) is 0.294. The second-order valence-electron chi connectivity index (χ2n) is 5.72. The third-order valence-electron chi connectivity index (χ3n) is 4.08. The molecule has 0 radical (unpaired) electrons. The van der Waals surface area contributed by atoms with Crippen molar-refractivity contribution in [3.63, 3.8) is 0 Å². The Kier molecular flexibility index (Phi) is 3.51. The molecule has 0 unspecified atom stereocenters. The van der Waals surface area contributed by atoms with Gasteiger partial charge in [-0.2, -0.15) is 0 Å². The molecule has 1 aliphatic carbocycles. The Morgan fingerprint density at radius 1 is 1.09 bits per heavy atom. The smallest absolute Gasteiger partial charge is 0.230 e. The SMILES string of the molecule is Cc1ccc(Nc2nc(Cl)c3c4c(sc3n2)CCCC4)cc1. The molecule has 0 saturated heterocycles. The molecule has 112 valence electrons. The van der Waals surface area contributed by atoms with Gasteiger partial charge in [0.1, 0.15) is 9.98 Å². The van der Waals surface area contributed by atoms with Crippen molar-refractivity contribution < 1.29 is 0 Å². The van der Waals surface area contributed by atoms with Crippen molar-refractivity contribution in [3.05, 3.63) is 45.4 Å². The number of rotatable bonds is 2. The summed E-state index contributed by atoms with van der Waals surface area (Å²) in [6, 6.07) is 8.17. The van der Waals surface area contributed by atoms with Crippen LogP contribution in [0.3, 0.4) is 0 Å². The van der Waals surface area contributed by atoms with Crippen LogP contribution in [-0.2, 0) is 12.8 Å². The molecule has 0 aliphatic heterocycles. The Balaban J connectivity index is 1.75. The predicted molar refractivity (Wildman–Crippen MR) is 93.5 cm³/mol. The summed E-state index contributed by atoms with van der Waals surface area (Å²) >= 11 is 8.21. The zero-order valence-corrected chi connectivity index (χ0v) is 13.9. The van der Waals surface area contributed by atoms with Gasteiger partial charge in [-0.15, -0.1) is 11.3 Å². The minimum absolute atomic E-state index is 0.569. The van der Waals surface area contributed by atoms with Crippen molar-refractivity contribution in [2.75, 3.05) is 5.32 Å². The second kappa shape index (κ2) is 5.52. The Bertz CT molecular complexity index is 839. The van der Waals surface area contributed by atoms with Crippen LogP contribution in [0.4, 0.5) is 11.6 Å². The maximum absolute atomic E-state index is 6.45. The summed E-state index contributed by atoms with van der Waals surface area (Å²) in [5.74, 6) is 0.569. The predicted octanol–water partition coefficient (Wildman–Crippen LogP) is 5.28. The lowest BCUT2D eigenvalue weighted by Crippen LogP contribution is -2.00. The van der Waals surface area contributed by atoms with Gasteiger partial charge in [-0.1, -0.05) is 29.3 Å². The van der Waals surface area contributed by atoms with Gasteiger partial charge in [0.25, 0.3) is 0 Å². The van der Waals surface area contributed by atoms with E-state index in [1.165, 1.54) is 28.8 Å². The summed E-state index contributed by atoms with van der Waals surface area (Å²) in [5, 5.41) is 4.88. The molecule has 0 fully saturated rings. The number of hydrogen-bond acceptors (Lipinski definition) is 4. The number of nitrogens with zero attached hydrogens (tertiary/aromatic N) is 2. The standard InChI is InChI=1S/C17H16ClN3S/c1-10-6-8-11(9-7-10)19-17-20-15(18)14-12-4-2-3-5-13(12)22-16(14)21-17/h6-9H,2-5H2,1H3,(H,19,20,21). The minimum Gasteiger partial charge on any atom is -0.324 e. The minimum atomic E-state index is 0.569. The molecule has 22 heavy (non-hydrogen) atoms. The molecule has 1 N–H and O–H groups in total. The topological polar surface area (TPSA) is 37.8 Å². The third kappa shape index (κ3) is 2.46. The van der Waals surface area contributed by atoms with E-state index in [9.17, 15) is 0 Å². The molecule has 2 heterocycles. The van der Waals surface area contributed by atoms with E-state index >= 15 is 0 Å². The third-order valence-corrected chi connectivity index (χ3v) is 5.54. The number of nitrogens with one attached hydrogen (secondary N) is 1. The average molecular weight is 330 g/mol. The number of halogens is 1. The van der Waals surface area contributed by atoms with Crippen LogP contribution in [0.25, 0.3) is 10.2 Å². The van der Waals surface area contributed by atoms with E-state index in [0.717, 1.165) is 28.7 Å². The number of anilines is 2. The zero-order valence-electron chi connectivity index (χ0n) is 12.3. The number of benzene rings is 1. The van der Waals surface area contributed by atoms with Crippen LogP contribution >= 0.6 is 22.9 Å². The number of thiophene rings is 1. The first-order valence-electron chi connectivity index (χ1n) is 7.52. The molecular weight excluding hydrogens is 314 g/mol. The van der Waals surface area contributed by atoms with Gasteiger partial charge in [-0.3, -0.25) is 0 Å². The first-order valence-corrected chi connectivity index (χ1v) is 8.71. The summed E-state index contributed by atoms with van der Waals surface area (Å²) < 4.78 is 0. The van der Waals surface area contributed by atoms with Gasteiger partial charge in [0.05, 0.1) is 5.39 Å². The normalized spacial score (nSPS) is 14.1. The molecule has 0 amide bonds. The van der Waals surface area contributed by atoms with Gasteiger partial charge in [-0.05, 0) is 50.3 Å². The Morgan fingerprint density at radius 2 is 1.86 bits per heavy atom. The van der Waals surface area contributed by atoms with Crippen LogP contribution in [0.2, 0.25) is 5.15 Å². The van der Waals surface area contributed by atoms with Crippen LogP contribution in [-0.4, -0.2) is 9.97 Å². The first kappa shape index (κ1) is 14.0. The lowest BCUT2D eigenvalue weighted by molar-refractivity contribution is 0.700. The highest BCUT2D eigenvalue weighted by Crippen LogP contribution is 2.39. The highest BCUT2D eigenvalue weighted by molar-refractivity contribution is 7.19. The highest BCUT2D eigenvalue weighted by Gasteiger charge is 2.20. The molecule has 1 aliphatic rings. The monoisotopic (exact) mass is 329 g/mol. The lowest BCUT2D eigenvalue weighted by Gasteiger charge is -2.10. The fourth-order valence-electron chi connectivity index (χ4n) is 2.93. The van der Waals surface area contributed by atoms with Gasteiger partial charge in [0, 0.05) is 10.6 Å². The Labute approximate surface area is 138 Å². The summed E-state index contributed by atoms with van der Waals surface area (Å²) in [5.41, 5.74) is 3.58. The molecule has 5 heteroatoms. The molecule has 2 aromatic heterocycles. The van der Waals surface area contributed by atoms with Crippen LogP contribution < -0.4 is 5.32 Å². The molecule has 1 aromatic carbocycles. The summed E-state index contributed by atoms with van der Waals surface area (Å²) in [6.45, 7) is 2.07. The maximum atomic E-state index is 6.45. The summed E-state index contributed by atoms with van der Waals surface area (Å²) in [4.78, 5) is 11.6. The molecule has 0 atom stereocenters. The van der Waals surface area contributed by atoms with E-state index in [-0.39, 0.29) is 0 Å². The quantitative estimate of drug-likeness (QED) is 0.650. The van der Waals surface area contributed by atoms with Crippen molar-refractivity contribution in [3.8, 4) is 0 Å². The van der Waals surface area contributed by atoms with E-state index in [4.69, 9.17) is 11.6 Å². The van der Waals surface area contributed by atoms with Gasteiger partial charge in [0.15, 0.2) is 0 Å². The number of aryl methyl sites for hydroxylation is 3. The summed E-state index contributed by atoms with van der Waals surface area (Å²) in [6.07, 6.45) is 4.74. The Hall–Kier alpha value is -1.65. The number of fused-ring (bicyclic) bond motifs is 3. The van der Waals surface area contributed by atoms with Crippen LogP contribution in [0.1, 0.15) is 28.8 Å². The van der Waals surface area contributed by atoms with Crippen LogP contribution in [0.15, 0.2) is 24.3 Å². The van der Waals surface area contributed by atoms with Crippen molar-refractivity contribution in [1.82, 2.24) is 9.97 Å². The molecule has 0 saturated carbocycles. The van der Waals surface area contributed by atoms with E-state index in [2.05, 4.69) is 34.3 Å². The van der Waals surface area contributed by atoms with Crippen molar-refractivity contribution in [2.45, 2.75) is 32.6 Å². The largest absolute Gasteiger partial charge is 0.324 e. The van der Waals surface area contributed by atoms with Crippen LogP contribution in [0, 0.1) is 6.92 Å².